The molecule has 43 heavy (non-hydrogen) atoms. The summed E-state index contributed by atoms with van der Waals surface area (Å²) in [5.74, 6) is 1.82. The van der Waals surface area contributed by atoms with E-state index in [-0.39, 0.29) is 6.10 Å². The van der Waals surface area contributed by atoms with E-state index in [4.69, 9.17) is 18.6 Å². The molecular formula is C34H36N4O5. The van der Waals surface area contributed by atoms with Gasteiger partial charge >= 0.3 is 0 Å². The Morgan fingerprint density at radius 2 is 1.81 bits per heavy atom. The summed E-state index contributed by atoms with van der Waals surface area (Å²) in [6.07, 6.45) is 5.28. The third kappa shape index (κ3) is 5.48. The number of methoxy groups -OCH3 is 1. The summed E-state index contributed by atoms with van der Waals surface area (Å²) in [4.78, 5) is 9.18. The number of ether oxygens (including phenoxy) is 3. The predicted molar refractivity (Wildman–Crippen MR) is 162 cm³/mol. The van der Waals surface area contributed by atoms with Crippen LogP contribution < -0.4 is 9.47 Å². The molecule has 3 aliphatic rings. The minimum Gasteiger partial charge on any atom is -0.496 e. The van der Waals surface area contributed by atoms with Gasteiger partial charge in [-0.3, -0.25) is 14.8 Å². The Morgan fingerprint density at radius 1 is 1.00 bits per heavy atom. The molecule has 222 valence electrons. The SMILES string of the molecule is COc1cc(C(O)N2CC(N3CCCC3)C2)ccc1-c1cc2nccc(-c3ccc(OC4CCOCC4)c(C#N)c3)c2o1. The van der Waals surface area contributed by atoms with Gasteiger partial charge in [-0.1, -0.05) is 12.1 Å². The van der Waals surface area contributed by atoms with E-state index in [0.29, 0.717) is 53.2 Å². The van der Waals surface area contributed by atoms with Gasteiger partial charge in [-0.25, -0.2) is 0 Å². The molecule has 3 saturated heterocycles. The van der Waals surface area contributed by atoms with E-state index in [1.807, 2.05) is 48.5 Å². The number of aliphatic hydroxyl groups is 1. The molecule has 1 unspecified atom stereocenters. The average molecular weight is 581 g/mol. The van der Waals surface area contributed by atoms with E-state index < -0.39 is 6.23 Å². The van der Waals surface area contributed by atoms with Crippen LogP contribution in [0.2, 0.25) is 0 Å². The second kappa shape index (κ2) is 12.0. The van der Waals surface area contributed by atoms with Crippen molar-refractivity contribution in [2.45, 2.75) is 44.1 Å². The molecule has 1 atom stereocenters. The zero-order valence-electron chi connectivity index (χ0n) is 24.4. The number of aliphatic hydroxyl groups excluding tert-OH is 1. The van der Waals surface area contributed by atoms with Crippen LogP contribution in [0.5, 0.6) is 11.5 Å². The van der Waals surface area contributed by atoms with Crippen molar-refractivity contribution in [2.75, 3.05) is 46.5 Å². The molecule has 1 N–H and O–H groups in total. The Labute approximate surface area is 251 Å². The fraction of sp³-hybridized carbons (Fsp3) is 0.412. The van der Waals surface area contributed by atoms with Crippen LogP contribution in [0.15, 0.2) is 59.1 Å². The highest BCUT2D eigenvalue weighted by atomic mass is 16.5. The fourth-order valence-corrected chi connectivity index (χ4v) is 6.47. The third-order valence-electron chi connectivity index (χ3n) is 8.97. The molecule has 9 heteroatoms. The van der Waals surface area contributed by atoms with Crippen LogP contribution >= 0.6 is 0 Å². The number of furan rings is 1. The zero-order chi connectivity index (χ0) is 29.3. The quantitative estimate of drug-likeness (QED) is 0.295. The predicted octanol–water partition coefficient (Wildman–Crippen LogP) is 5.37. The van der Waals surface area contributed by atoms with Crippen LogP contribution in [-0.4, -0.2) is 78.5 Å². The summed E-state index contributed by atoms with van der Waals surface area (Å²) >= 11 is 0. The maximum Gasteiger partial charge on any atom is 0.161 e. The van der Waals surface area contributed by atoms with Gasteiger partial charge in [-0.2, -0.15) is 5.26 Å². The van der Waals surface area contributed by atoms with Gasteiger partial charge in [0.25, 0.3) is 0 Å². The van der Waals surface area contributed by atoms with Crippen LogP contribution in [0.4, 0.5) is 0 Å². The Bertz CT molecular complexity index is 1640. The molecule has 2 aromatic heterocycles. The van der Waals surface area contributed by atoms with Gasteiger partial charge in [0.05, 0.1) is 31.5 Å². The molecule has 3 fully saturated rings. The molecule has 0 aliphatic carbocycles. The maximum absolute atomic E-state index is 11.1. The number of nitriles is 1. The second-order valence-corrected chi connectivity index (χ2v) is 11.6. The van der Waals surface area contributed by atoms with E-state index in [2.05, 4.69) is 20.9 Å². The first-order valence-corrected chi connectivity index (χ1v) is 15.1. The van der Waals surface area contributed by atoms with Crippen LogP contribution in [-0.2, 0) is 4.74 Å². The van der Waals surface area contributed by atoms with E-state index in [0.717, 1.165) is 48.2 Å². The van der Waals surface area contributed by atoms with Crippen LogP contribution in [0, 0.1) is 11.3 Å². The summed E-state index contributed by atoms with van der Waals surface area (Å²) in [5, 5.41) is 21.0. The van der Waals surface area contributed by atoms with Gasteiger partial charge in [0, 0.05) is 49.8 Å². The van der Waals surface area contributed by atoms with Crippen molar-refractivity contribution in [3.8, 4) is 40.0 Å². The number of benzene rings is 2. The van der Waals surface area contributed by atoms with Crippen molar-refractivity contribution >= 4 is 11.1 Å². The van der Waals surface area contributed by atoms with E-state index >= 15 is 0 Å². The first-order chi connectivity index (χ1) is 21.1. The molecule has 9 nitrogen and oxygen atoms in total. The number of aromatic nitrogens is 1. The highest BCUT2D eigenvalue weighted by Gasteiger charge is 2.37. The summed E-state index contributed by atoms with van der Waals surface area (Å²) < 4.78 is 23.8. The standard InChI is InChI=1S/C34H36N4O5/c1-40-31-17-23(34(39)38-20-25(21-38)37-12-2-3-13-37)4-6-28(31)32-18-29-33(43-32)27(8-11-36-29)22-5-7-30(24(16-22)19-35)42-26-9-14-41-15-10-26/h4-8,11,16-18,25-26,34,39H,2-3,9-10,12-15,20-21H2,1H3. The zero-order valence-corrected chi connectivity index (χ0v) is 24.4. The average Bonchev–Trinajstić information content (AvgIpc) is 3.71. The number of hydrogen-bond acceptors (Lipinski definition) is 9. The number of hydrogen-bond donors (Lipinski definition) is 1. The summed E-state index contributed by atoms with van der Waals surface area (Å²) in [7, 11) is 1.63. The van der Waals surface area contributed by atoms with Crippen LogP contribution in [0.25, 0.3) is 33.6 Å². The Kier molecular flexibility index (Phi) is 7.76. The first kappa shape index (κ1) is 27.9. The number of pyridine rings is 1. The molecule has 2 aromatic carbocycles. The number of fused-ring (bicyclic) bond motifs is 1. The van der Waals surface area contributed by atoms with Crippen molar-refractivity contribution in [2.24, 2.45) is 0 Å². The van der Waals surface area contributed by atoms with Gasteiger partial charge < -0.3 is 23.7 Å². The second-order valence-electron chi connectivity index (χ2n) is 11.6. The molecule has 0 radical (unpaired) electrons. The Hall–Kier alpha value is -3.94. The van der Waals surface area contributed by atoms with Crippen LogP contribution in [0.1, 0.15) is 43.0 Å². The molecular weight excluding hydrogens is 544 g/mol. The van der Waals surface area contributed by atoms with Gasteiger partial charge in [-0.05, 0) is 67.4 Å². The minimum atomic E-state index is -0.682. The lowest BCUT2D eigenvalue weighted by molar-refractivity contribution is -0.0789. The topological polar surface area (TPSA) is 104 Å². The highest BCUT2D eigenvalue weighted by molar-refractivity contribution is 5.93. The Morgan fingerprint density at radius 3 is 2.58 bits per heavy atom. The third-order valence-corrected chi connectivity index (χ3v) is 8.97. The molecule has 3 aliphatic heterocycles. The van der Waals surface area contributed by atoms with Crippen molar-refractivity contribution < 1.29 is 23.7 Å². The lowest BCUT2D eigenvalue weighted by Gasteiger charge is -2.46. The Balaban J connectivity index is 1.13. The van der Waals surface area contributed by atoms with Gasteiger partial charge in [0.2, 0.25) is 0 Å². The van der Waals surface area contributed by atoms with Crippen molar-refractivity contribution in [3.05, 3.63) is 65.9 Å². The number of likely N-dealkylation sites (tertiary alicyclic amines) is 2. The summed E-state index contributed by atoms with van der Waals surface area (Å²) in [6.45, 7) is 5.43. The maximum atomic E-state index is 11.1. The van der Waals surface area contributed by atoms with E-state index in [1.165, 1.54) is 25.9 Å². The van der Waals surface area contributed by atoms with Crippen molar-refractivity contribution in [1.29, 1.82) is 5.26 Å². The molecule has 0 saturated carbocycles. The lowest BCUT2D eigenvalue weighted by Crippen LogP contribution is -2.59. The smallest absolute Gasteiger partial charge is 0.161 e. The largest absolute Gasteiger partial charge is 0.496 e. The highest BCUT2D eigenvalue weighted by Crippen LogP contribution is 2.40. The molecule has 0 spiro atoms. The molecule has 7 rings (SSSR count). The van der Waals surface area contributed by atoms with Gasteiger partial charge in [-0.15, -0.1) is 0 Å². The first-order valence-electron chi connectivity index (χ1n) is 15.1. The number of nitrogens with zero attached hydrogens (tertiary/aromatic N) is 4. The van der Waals surface area contributed by atoms with Crippen molar-refractivity contribution in [1.82, 2.24) is 14.8 Å². The monoisotopic (exact) mass is 580 g/mol. The molecule has 4 aromatic rings. The fourth-order valence-electron chi connectivity index (χ4n) is 6.47. The van der Waals surface area contributed by atoms with Gasteiger partial charge in [0.1, 0.15) is 41.2 Å². The van der Waals surface area contributed by atoms with Crippen LogP contribution in [0.3, 0.4) is 0 Å². The summed E-state index contributed by atoms with van der Waals surface area (Å²) in [6, 6.07) is 18.0. The van der Waals surface area contributed by atoms with E-state index in [1.54, 1.807) is 13.3 Å². The van der Waals surface area contributed by atoms with E-state index in [9.17, 15) is 10.4 Å². The molecule has 0 amide bonds. The molecule has 0 bridgehead atoms. The number of rotatable bonds is 8. The molecule has 5 heterocycles. The normalized spacial score (nSPS) is 19.3. The summed E-state index contributed by atoms with van der Waals surface area (Å²) in [5.41, 5.74) is 5.05. The van der Waals surface area contributed by atoms with Crippen molar-refractivity contribution in [3.63, 3.8) is 0 Å². The van der Waals surface area contributed by atoms with Gasteiger partial charge in [0.15, 0.2) is 5.58 Å². The lowest BCUT2D eigenvalue weighted by atomic mass is 10.0. The minimum absolute atomic E-state index is 0.0483.